The molecule has 0 bridgehead atoms. The van der Waals surface area contributed by atoms with E-state index >= 15 is 0 Å². The van der Waals surface area contributed by atoms with Crippen LogP contribution in [0.2, 0.25) is 0 Å². The number of benzene rings is 1. The fraction of sp³-hybridized carbons (Fsp3) is 0.533. The summed E-state index contributed by atoms with van der Waals surface area (Å²) in [5.41, 5.74) is 7.16. The first-order valence-corrected chi connectivity index (χ1v) is 6.78. The highest BCUT2D eigenvalue weighted by Gasteiger charge is 2.33. The lowest BCUT2D eigenvalue weighted by Crippen LogP contribution is -2.41. The van der Waals surface area contributed by atoms with Crippen molar-refractivity contribution < 1.29 is 4.79 Å². The van der Waals surface area contributed by atoms with Crippen LogP contribution in [0.3, 0.4) is 0 Å². The molecule has 0 saturated heterocycles. The van der Waals surface area contributed by atoms with Crippen molar-refractivity contribution in [2.75, 3.05) is 30.9 Å². The number of carbonyl (C=O) groups is 1. The molecule has 1 aromatic carbocycles. The maximum absolute atomic E-state index is 12.5. The van der Waals surface area contributed by atoms with Crippen molar-refractivity contribution in [1.29, 1.82) is 0 Å². The molecule has 106 valence electrons. The maximum Gasteiger partial charge on any atom is 0.231 e. The highest BCUT2D eigenvalue weighted by atomic mass is 16.2. The van der Waals surface area contributed by atoms with E-state index in [1.165, 1.54) is 0 Å². The molecule has 0 aliphatic carbocycles. The number of carbonyl (C=O) groups excluding carboxylic acids is 1. The minimum atomic E-state index is -0.473. The number of rotatable bonds is 6. The van der Waals surface area contributed by atoms with Gasteiger partial charge in [0.05, 0.1) is 16.8 Å². The molecule has 4 nitrogen and oxygen atoms in total. The third kappa shape index (κ3) is 3.26. The van der Waals surface area contributed by atoms with E-state index in [9.17, 15) is 4.79 Å². The van der Waals surface area contributed by atoms with E-state index in [1.54, 1.807) is 0 Å². The molecule has 4 heteroatoms. The normalized spacial score (nSPS) is 11.2. The van der Waals surface area contributed by atoms with Crippen LogP contribution >= 0.6 is 0 Å². The number of anilines is 2. The molecule has 0 fully saturated rings. The summed E-state index contributed by atoms with van der Waals surface area (Å²) in [5.74, 6) is 0.00861. The Bertz CT molecular complexity index is 417. The molecule has 0 aliphatic heterocycles. The van der Waals surface area contributed by atoms with Gasteiger partial charge in [-0.1, -0.05) is 26.0 Å². The van der Waals surface area contributed by atoms with Gasteiger partial charge in [-0.3, -0.25) is 4.79 Å². The molecule has 0 aliphatic rings. The fourth-order valence-corrected chi connectivity index (χ4v) is 2.18. The second-order valence-corrected chi connectivity index (χ2v) is 5.06. The van der Waals surface area contributed by atoms with Crippen LogP contribution in [0, 0.1) is 5.41 Å². The van der Waals surface area contributed by atoms with Crippen molar-refractivity contribution in [3.8, 4) is 0 Å². The van der Waals surface area contributed by atoms with Crippen molar-refractivity contribution in [3.05, 3.63) is 24.3 Å². The zero-order chi connectivity index (χ0) is 14.5. The second kappa shape index (κ2) is 6.57. The van der Waals surface area contributed by atoms with Gasteiger partial charge < -0.3 is 16.0 Å². The number of amides is 1. The average Bonchev–Trinajstić information content (AvgIpc) is 2.41. The summed E-state index contributed by atoms with van der Waals surface area (Å²) < 4.78 is 0. The van der Waals surface area contributed by atoms with Crippen LogP contribution < -0.4 is 16.0 Å². The van der Waals surface area contributed by atoms with Crippen LogP contribution in [-0.2, 0) is 4.79 Å². The first-order valence-electron chi connectivity index (χ1n) is 6.78. The number of hydrogen-bond donors (Lipinski definition) is 2. The lowest BCUT2D eigenvalue weighted by Gasteiger charge is -2.29. The van der Waals surface area contributed by atoms with Gasteiger partial charge in [0, 0.05) is 20.6 Å². The molecule has 0 aromatic heterocycles. The van der Waals surface area contributed by atoms with Crippen LogP contribution in [0.4, 0.5) is 11.4 Å². The summed E-state index contributed by atoms with van der Waals surface area (Å²) >= 11 is 0. The predicted molar refractivity (Wildman–Crippen MR) is 81.5 cm³/mol. The van der Waals surface area contributed by atoms with Gasteiger partial charge in [0.1, 0.15) is 0 Å². The Kier molecular flexibility index (Phi) is 5.36. The van der Waals surface area contributed by atoms with Gasteiger partial charge in [-0.15, -0.1) is 0 Å². The molecule has 0 radical (unpaired) electrons. The largest absolute Gasteiger partial charge is 0.376 e. The van der Waals surface area contributed by atoms with Gasteiger partial charge in [-0.25, -0.2) is 0 Å². The zero-order valence-corrected chi connectivity index (χ0v) is 12.4. The maximum atomic E-state index is 12.5. The topological polar surface area (TPSA) is 58.4 Å². The molecule has 1 rings (SSSR count). The Hall–Kier alpha value is -1.55. The Morgan fingerprint density at radius 2 is 1.84 bits per heavy atom. The average molecular weight is 263 g/mol. The van der Waals surface area contributed by atoms with Gasteiger partial charge in [-0.05, 0) is 25.0 Å². The Morgan fingerprint density at radius 3 is 2.32 bits per heavy atom. The third-order valence-electron chi connectivity index (χ3n) is 3.86. The van der Waals surface area contributed by atoms with E-state index in [4.69, 9.17) is 5.73 Å². The summed E-state index contributed by atoms with van der Waals surface area (Å²) in [7, 11) is 3.92. The van der Waals surface area contributed by atoms with Crippen LogP contribution in [-0.4, -0.2) is 26.5 Å². The number of nitrogens with one attached hydrogen (secondary N) is 1. The molecule has 0 atom stereocenters. The smallest absolute Gasteiger partial charge is 0.231 e. The molecular formula is C15H25N3O. The van der Waals surface area contributed by atoms with E-state index in [2.05, 4.69) is 5.32 Å². The molecule has 0 saturated carbocycles. The summed E-state index contributed by atoms with van der Waals surface area (Å²) in [6.45, 7) is 4.39. The molecule has 0 spiro atoms. The molecule has 0 unspecified atom stereocenters. The summed E-state index contributed by atoms with van der Waals surface area (Å²) in [4.78, 5) is 14.5. The van der Waals surface area contributed by atoms with Gasteiger partial charge in [0.2, 0.25) is 5.91 Å². The molecule has 1 aromatic rings. The fourth-order valence-electron chi connectivity index (χ4n) is 2.18. The summed E-state index contributed by atoms with van der Waals surface area (Å²) in [5, 5.41) is 3.02. The molecular weight excluding hydrogens is 238 g/mol. The number of nitrogens with two attached hydrogens (primary N) is 1. The van der Waals surface area contributed by atoms with Crippen molar-refractivity contribution >= 4 is 17.3 Å². The minimum Gasteiger partial charge on any atom is -0.376 e. The van der Waals surface area contributed by atoms with E-state index in [0.29, 0.717) is 6.54 Å². The summed E-state index contributed by atoms with van der Waals surface area (Å²) in [6, 6.07) is 7.78. The van der Waals surface area contributed by atoms with Crippen molar-refractivity contribution in [3.63, 3.8) is 0 Å². The lowest BCUT2D eigenvalue weighted by atomic mass is 9.81. The number of nitrogens with zero attached hydrogens (tertiary/aromatic N) is 1. The Labute approximate surface area is 116 Å². The second-order valence-electron chi connectivity index (χ2n) is 5.06. The van der Waals surface area contributed by atoms with Crippen molar-refractivity contribution in [1.82, 2.24) is 0 Å². The van der Waals surface area contributed by atoms with Gasteiger partial charge in [0.25, 0.3) is 0 Å². The van der Waals surface area contributed by atoms with Crippen LogP contribution in [0.5, 0.6) is 0 Å². The SMILES string of the molecule is CCC(CC)(CN)C(=O)Nc1ccccc1N(C)C. The predicted octanol–water partition coefficient (Wildman–Crippen LogP) is 2.46. The van der Waals surface area contributed by atoms with E-state index in [0.717, 1.165) is 24.2 Å². The molecule has 19 heavy (non-hydrogen) atoms. The van der Waals surface area contributed by atoms with E-state index in [1.807, 2.05) is 57.1 Å². The monoisotopic (exact) mass is 263 g/mol. The first-order chi connectivity index (χ1) is 9.00. The van der Waals surface area contributed by atoms with Gasteiger partial charge in [-0.2, -0.15) is 0 Å². The van der Waals surface area contributed by atoms with E-state index in [-0.39, 0.29) is 5.91 Å². The van der Waals surface area contributed by atoms with Gasteiger partial charge >= 0.3 is 0 Å². The Balaban J connectivity index is 2.99. The zero-order valence-electron chi connectivity index (χ0n) is 12.4. The van der Waals surface area contributed by atoms with Crippen LogP contribution in [0.15, 0.2) is 24.3 Å². The quantitative estimate of drug-likeness (QED) is 0.829. The highest BCUT2D eigenvalue weighted by molar-refractivity contribution is 5.98. The van der Waals surface area contributed by atoms with Crippen molar-refractivity contribution in [2.24, 2.45) is 11.1 Å². The van der Waals surface area contributed by atoms with Crippen LogP contribution in [0.1, 0.15) is 26.7 Å². The third-order valence-corrected chi connectivity index (χ3v) is 3.86. The highest BCUT2D eigenvalue weighted by Crippen LogP contribution is 2.30. The Morgan fingerprint density at radius 1 is 1.26 bits per heavy atom. The van der Waals surface area contributed by atoms with Crippen molar-refractivity contribution in [2.45, 2.75) is 26.7 Å². The first kappa shape index (κ1) is 15.5. The minimum absolute atomic E-state index is 0.00861. The number of para-hydroxylation sites is 2. The standard InChI is InChI=1S/C15H25N3O/c1-5-15(6-2,11-16)14(19)17-12-9-7-8-10-13(12)18(3)4/h7-10H,5-6,11,16H2,1-4H3,(H,17,19). The number of hydrogen-bond acceptors (Lipinski definition) is 3. The molecule has 1 amide bonds. The lowest BCUT2D eigenvalue weighted by molar-refractivity contribution is -0.125. The van der Waals surface area contributed by atoms with Crippen LogP contribution in [0.25, 0.3) is 0 Å². The molecule has 0 heterocycles. The summed E-state index contributed by atoms with van der Waals surface area (Å²) in [6.07, 6.45) is 1.49. The van der Waals surface area contributed by atoms with Gasteiger partial charge in [0.15, 0.2) is 0 Å². The van der Waals surface area contributed by atoms with E-state index < -0.39 is 5.41 Å². The molecule has 3 N–H and O–H groups in total.